The molecule has 8 heteroatoms. The van der Waals surface area contributed by atoms with E-state index >= 15 is 0 Å². The number of halogens is 2. The summed E-state index contributed by atoms with van der Waals surface area (Å²) in [7, 11) is 1.41. The third-order valence-corrected chi connectivity index (χ3v) is 6.01. The molecule has 0 spiro atoms. The van der Waals surface area contributed by atoms with E-state index in [-0.39, 0.29) is 21.9 Å². The molecule has 1 aromatic heterocycles. The molecule has 1 aliphatic heterocycles. The number of ether oxygens (including phenoxy) is 1. The van der Waals surface area contributed by atoms with Gasteiger partial charge in [0.05, 0.1) is 29.0 Å². The van der Waals surface area contributed by atoms with Gasteiger partial charge < -0.3 is 9.84 Å². The molecule has 1 fully saturated rings. The van der Waals surface area contributed by atoms with Gasteiger partial charge >= 0.3 is 0 Å². The van der Waals surface area contributed by atoms with E-state index in [1.807, 2.05) is 6.92 Å². The summed E-state index contributed by atoms with van der Waals surface area (Å²) in [6.07, 6.45) is 1.56. The molecule has 1 amide bonds. The van der Waals surface area contributed by atoms with Crippen molar-refractivity contribution in [3.8, 4) is 5.75 Å². The van der Waals surface area contributed by atoms with Crippen LogP contribution in [0.1, 0.15) is 28.4 Å². The molecule has 1 unspecified atom stereocenters. The minimum atomic E-state index is -0.979. The standard InChI is InChI=1S/C25H20Cl2N2O4/c1-13-10-16(24(33-3)17(27)11-13)22(30)20-21(18-6-4-5-9-28-18)29(25(32)23(20)31)19-12-15(26)8-7-14(19)2/h4-12,21,30H,1-3H3/b22-20+. The number of nitrogens with zero attached hydrogens (tertiary/aromatic N) is 2. The Hall–Kier alpha value is -3.35. The van der Waals surface area contributed by atoms with E-state index in [1.54, 1.807) is 61.7 Å². The number of rotatable bonds is 4. The van der Waals surface area contributed by atoms with Crippen LogP contribution in [0.4, 0.5) is 5.69 Å². The summed E-state index contributed by atoms with van der Waals surface area (Å²) in [6.45, 7) is 3.61. The predicted octanol–water partition coefficient (Wildman–Crippen LogP) is 5.64. The first-order valence-corrected chi connectivity index (χ1v) is 10.8. The summed E-state index contributed by atoms with van der Waals surface area (Å²) < 4.78 is 5.39. The molecule has 0 aliphatic carbocycles. The van der Waals surface area contributed by atoms with E-state index in [2.05, 4.69) is 4.98 Å². The van der Waals surface area contributed by atoms with Gasteiger partial charge in [0.25, 0.3) is 11.7 Å². The van der Waals surface area contributed by atoms with Crippen molar-refractivity contribution in [1.29, 1.82) is 0 Å². The second-order valence-electron chi connectivity index (χ2n) is 7.68. The number of carbonyl (C=O) groups is 2. The van der Waals surface area contributed by atoms with Gasteiger partial charge in [-0.25, -0.2) is 0 Å². The van der Waals surface area contributed by atoms with Gasteiger partial charge in [-0.1, -0.05) is 35.3 Å². The van der Waals surface area contributed by atoms with E-state index < -0.39 is 23.5 Å². The summed E-state index contributed by atoms with van der Waals surface area (Å²) in [4.78, 5) is 32.3. The Morgan fingerprint density at radius 3 is 2.52 bits per heavy atom. The van der Waals surface area contributed by atoms with Gasteiger partial charge in [0.15, 0.2) is 0 Å². The van der Waals surface area contributed by atoms with Crippen molar-refractivity contribution in [2.75, 3.05) is 12.0 Å². The number of aliphatic hydroxyl groups is 1. The van der Waals surface area contributed by atoms with Crippen LogP contribution in [0.2, 0.25) is 10.0 Å². The van der Waals surface area contributed by atoms with Gasteiger partial charge in [-0.3, -0.25) is 19.5 Å². The molecule has 6 nitrogen and oxygen atoms in total. The van der Waals surface area contributed by atoms with Gasteiger partial charge in [-0.15, -0.1) is 0 Å². The number of amides is 1. The molecular formula is C25H20Cl2N2O4. The number of pyridine rings is 1. The van der Waals surface area contributed by atoms with Gasteiger partial charge in [0.2, 0.25) is 0 Å². The fourth-order valence-electron chi connectivity index (χ4n) is 4.00. The number of aryl methyl sites for hydroxylation is 2. The predicted molar refractivity (Wildman–Crippen MR) is 128 cm³/mol. The highest BCUT2D eigenvalue weighted by Gasteiger charge is 2.48. The number of hydrogen-bond donors (Lipinski definition) is 1. The molecule has 4 rings (SSSR count). The first-order valence-electron chi connectivity index (χ1n) is 10.1. The minimum absolute atomic E-state index is 0.113. The maximum atomic E-state index is 13.3. The number of aromatic nitrogens is 1. The first kappa shape index (κ1) is 22.8. The van der Waals surface area contributed by atoms with E-state index in [9.17, 15) is 14.7 Å². The topological polar surface area (TPSA) is 79.7 Å². The fourth-order valence-corrected chi connectivity index (χ4v) is 4.52. The second kappa shape index (κ2) is 8.89. The van der Waals surface area contributed by atoms with E-state index in [0.717, 1.165) is 11.1 Å². The monoisotopic (exact) mass is 482 g/mol. The summed E-state index contributed by atoms with van der Waals surface area (Å²) in [5.41, 5.74) is 2.45. The van der Waals surface area contributed by atoms with Crippen LogP contribution in [0.15, 0.2) is 60.3 Å². The Morgan fingerprint density at radius 2 is 1.85 bits per heavy atom. The molecule has 168 valence electrons. The molecule has 2 heterocycles. The Balaban J connectivity index is 2.03. The van der Waals surface area contributed by atoms with Gasteiger partial charge in [0.1, 0.15) is 17.6 Å². The second-order valence-corrected chi connectivity index (χ2v) is 8.53. The Labute approximate surface area is 201 Å². The fraction of sp³-hybridized carbons (Fsp3) is 0.160. The lowest BCUT2D eigenvalue weighted by Crippen LogP contribution is -2.30. The van der Waals surface area contributed by atoms with Crippen LogP contribution in [0.25, 0.3) is 5.76 Å². The molecule has 1 aliphatic rings. The Bertz CT molecular complexity index is 1310. The van der Waals surface area contributed by atoms with Crippen LogP contribution >= 0.6 is 23.2 Å². The molecule has 3 aromatic rings. The summed E-state index contributed by atoms with van der Waals surface area (Å²) in [6, 6.07) is 12.6. The van der Waals surface area contributed by atoms with Crippen LogP contribution < -0.4 is 9.64 Å². The zero-order valence-corrected chi connectivity index (χ0v) is 19.6. The number of benzene rings is 2. The highest BCUT2D eigenvalue weighted by Crippen LogP contribution is 2.45. The third kappa shape index (κ3) is 3.96. The molecular weight excluding hydrogens is 463 g/mol. The van der Waals surface area contributed by atoms with Crippen molar-refractivity contribution < 1.29 is 19.4 Å². The van der Waals surface area contributed by atoms with Crippen molar-refractivity contribution in [3.63, 3.8) is 0 Å². The number of anilines is 1. The Morgan fingerprint density at radius 1 is 1.09 bits per heavy atom. The SMILES string of the molecule is COc1c(Cl)cc(C)cc1/C(O)=C1\C(=O)C(=O)N(c2cc(Cl)ccc2C)C1c1ccccn1. The van der Waals surface area contributed by atoms with Crippen LogP contribution in [0.3, 0.4) is 0 Å². The van der Waals surface area contributed by atoms with Crippen LogP contribution in [0.5, 0.6) is 5.75 Å². The zero-order chi connectivity index (χ0) is 23.9. The highest BCUT2D eigenvalue weighted by atomic mass is 35.5. The van der Waals surface area contributed by atoms with Crippen LogP contribution in [-0.4, -0.2) is 28.9 Å². The summed E-state index contributed by atoms with van der Waals surface area (Å²) >= 11 is 12.5. The lowest BCUT2D eigenvalue weighted by Gasteiger charge is -2.26. The van der Waals surface area contributed by atoms with Gasteiger partial charge in [0, 0.05) is 16.9 Å². The number of ketones is 1. The van der Waals surface area contributed by atoms with Crippen LogP contribution in [-0.2, 0) is 9.59 Å². The number of carbonyl (C=O) groups excluding carboxylic acids is 2. The van der Waals surface area contributed by atoms with Gasteiger partial charge in [-0.05, 0) is 61.4 Å². The molecule has 0 saturated carbocycles. The largest absolute Gasteiger partial charge is 0.507 e. The lowest BCUT2D eigenvalue weighted by molar-refractivity contribution is -0.132. The lowest BCUT2D eigenvalue weighted by atomic mass is 9.96. The molecule has 2 aromatic carbocycles. The van der Waals surface area contributed by atoms with Crippen molar-refractivity contribution >= 4 is 46.3 Å². The Kier molecular flexibility index (Phi) is 6.15. The van der Waals surface area contributed by atoms with E-state index in [0.29, 0.717) is 16.4 Å². The third-order valence-electron chi connectivity index (χ3n) is 5.49. The highest BCUT2D eigenvalue weighted by molar-refractivity contribution is 6.52. The van der Waals surface area contributed by atoms with E-state index in [4.69, 9.17) is 27.9 Å². The summed E-state index contributed by atoms with van der Waals surface area (Å²) in [5.74, 6) is -1.84. The molecule has 1 atom stereocenters. The minimum Gasteiger partial charge on any atom is -0.507 e. The zero-order valence-electron chi connectivity index (χ0n) is 18.1. The summed E-state index contributed by atoms with van der Waals surface area (Å²) in [5, 5.41) is 12.1. The van der Waals surface area contributed by atoms with Crippen molar-refractivity contribution in [1.82, 2.24) is 4.98 Å². The molecule has 33 heavy (non-hydrogen) atoms. The number of methoxy groups -OCH3 is 1. The molecule has 1 saturated heterocycles. The molecule has 1 N–H and O–H groups in total. The number of hydrogen-bond acceptors (Lipinski definition) is 5. The van der Waals surface area contributed by atoms with E-state index in [1.165, 1.54) is 12.0 Å². The van der Waals surface area contributed by atoms with Crippen LogP contribution in [0, 0.1) is 13.8 Å². The average molecular weight is 483 g/mol. The van der Waals surface area contributed by atoms with Gasteiger partial charge in [-0.2, -0.15) is 0 Å². The average Bonchev–Trinajstić information content (AvgIpc) is 3.05. The number of aliphatic hydroxyl groups excluding tert-OH is 1. The quantitative estimate of drug-likeness (QED) is 0.295. The molecule has 0 bridgehead atoms. The van der Waals surface area contributed by atoms with Crippen molar-refractivity contribution in [3.05, 3.63) is 92.7 Å². The maximum Gasteiger partial charge on any atom is 0.300 e. The number of Topliss-reactive ketones (excluding diaryl/α,β-unsaturated/α-hetero) is 1. The molecule has 0 radical (unpaired) electrons. The normalized spacial score (nSPS) is 17.5. The van der Waals surface area contributed by atoms with Crippen molar-refractivity contribution in [2.45, 2.75) is 19.9 Å². The van der Waals surface area contributed by atoms with Crippen molar-refractivity contribution in [2.24, 2.45) is 0 Å². The smallest absolute Gasteiger partial charge is 0.300 e. The first-order chi connectivity index (χ1) is 15.7. The maximum absolute atomic E-state index is 13.3.